The third kappa shape index (κ3) is 4.26. The SMILES string of the molecule is CSc1cccc(NC(=O)c2ccc(OCc3c(C)noc3C)cc2)c1. The highest BCUT2D eigenvalue weighted by molar-refractivity contribution is 7.98. The van der Waals surface area contributed by atoms with Crippen molar-refractivity contribution in [3.63, 3.8) is 0 Å². The van der Waals surface area contributed by atoms with Crippen LogP contribution >= 0.6 is 11.8 Å². The van der Waals surface area contributed by atoms with Crippen LogP contribution in [0.1, 0.15) is 27.4 Å². The quantitative estimate of drug-likeness (QED) is 0.631. The molecule has 0 bridgehead atoms. The Bertz CT molecular complexity index is 884. The molecule has 3 rings (SSSR count). The predicted molar refractivity (Wildman–Crippen MR) is 103 cm³/mol. The van der Waals surface area contributed by atoms with E-state index in [1.807, 2.05) is 44.4 Å². The number of thioether (sulfide) groups is 1. The first-order valence-electron chi connectivity index (χ1n) is 8.17. The number of aromatic nitrogens is 1. The topological polar surface area (TPSA) is 64.4 Å². The molecule has 0 aliphatic rings. The average Bonchev–Trinajstić information content (AvgIpc) is 2.98. The summed E-state index contributed by atoms with van der Waals surface area (Å²) < 4.78 is 10.9. The largest absolute Gasteiger partial charge is 0.489 e. The molecule has 0 saturated heterocycles. The van der Waals surface area contributed by atoms with E-state index in [9.17, 15) is 4.79 Å². The van der Waals surface area contributed by atoms with Gasteiger partial charge in [0, 0.05) is 16.1 Å². The second-order valence-corrected chi connectivity index (χ2v) is 6.68. The number of anilines is 1. The van der Waals surface area contributed by atoms with Gasteiger partial charge in [-0.05, 0) is 62.6 Å². The number of nitrogens with zero attached hydrogens (tertiary/aromatic N) is 1. The zero-order chi connectivity index (χ0) is 18.5. The minimum absolute atomic E-state index is 0.152. The Morgan fingerprint density at radius 3 is 2.62 bits per heavy atom. The van der Waals surface area contributed by atoms with E-state index in [4.69, 9.17) is 9.26 Å². The molecule has 0 unspecified atom stereocenters. The van der Waals surface area contributed by atoms with Crippen molar-refractivity contribution in [3.8, 4) is 5.75 Å². The Morgan fingerprint density at radius 2 is 1.96 bits per heavy atom. The molecule has 6 heteroatoms. The summed E-state index contributed by atoms with van der Waals surface area (Å²) >= 11 is 1.64. The molecule has 1 aromatic heterocycles. The monoisotopic (exact) mass is 368 g/mol. The maximum atomic E-state index is 12.4. The fraction of sp³-hybridized carbons (Fsp3) is 0.200. The lowest BCUT2D eigenvalue weighted by atomic mass is 10.2. The van der Waals surface area contributed by atoms with E-state index in [0.717, 1.165) is 27.6 Å². The van der Waals surface area contributed by atoms with Gasteiger partial charge in [-0.1, -0.05) is 11.2 Å². The van der Waals surface area contributed by atoms with Gasteiger partial charge in [-0.15, -0.1) is 11.8 Å². The van der Waals surface area contributed by atoms with E-state index in [1.165, 1.54) is 0 Å². The molecule has 134 valence electrons. The maximum absolute atomic E-state index is 12.4. The van der Waals surface area contributed by atoms with E-state index in [-0.39, 0.29) is 5.91 Å². The molecule has 0 aliphatic carbocycles. The Labute approximate surface area is 156 Å². The van der Waals surface area contributed by atoms with Gasteiger partial charge in [0.15, 0.2) is 0 Å². The fourth-order valence-electron chi connectivity index (χ4n) is 2.47. The molecule has 2 aromatic carbocycles. The molecule has 1 amide bonds. The number of carbonyl (C=O) groups is 1. The van der Waals surface area contributed by atoms with Crippen LogP contribution in [0.2, 0.25) is 0 Å². The van der Waals surface area contributed by atoms with Crippen molar-refractivity contribution in [2.75, 3.05) is 11.6 Å². The molecule has 0 atom stereocenters. The summed E-state index contributed by atoms with van der Waals surface area (Å²) in [5.41, 5.74) is 3.12. The fourth-order valence-corrected chi connectivity index (χ4v) is 2.93. The Morgan fingerprint density at radius 1 is 1.19 bits per heavy atom. The summed E-state index contributed by atoms with van der Waals surface area (Å²) in [6.45, 7) is 4.13. The first kappa shape index (κ1) is 18.1. The van der Waals surface area contributed by atoms with Gasteiger partial charge in [0.2, 0.25) is 0 Å². The number of rotatable bonds is 6. The van der Waals surface area contributed by atoms with E-state index in [0.29, 0.717) is 17.9 Å². The number of nitrogens with one attached hydrogen (secondary N) is 1. The first-order valence-corrected chi connectivity index (χ1v) is 9.39. The van der Waals surface area contributed by atoms with Crippen molar-refractivity contribution in [3.05, 3.63) is 71.1 Å². The Balaban J connectivity index is 1.62. The third-order valence-electron chi connectivity index (χ3n) is 4.01. The number of aryl methyl sites for hydroxylation is 2. The van der Waals surface area contributed by atoms with Gasteiger partial charge < -0.3 is 14.6 Å². The van der Waals surface area contributed by atoms with Crippen molar-refractivity contribution in [1.29, 1.82) is 0 Å². The summed E-state index contributed by atoms with van der Waals surface area (Å²) in [4.78, 5) is 13.5. The maximum Gasteiger partial charge on any atom is 0.255 e. The zero-order valence-corrected chi connectivity index (χ0v) is 15.7. The van der Waals surface area contributed by atoms with Crippen LogP contribution in [0.3, 0.4) is 0 Å². The minimum Gasteiger partial charge on any atom is -0.489 e. The lowest BCUT2D eigenvalue weighted by Gasteiger charge is -2.08. The van der Waals surface area contributed by atoms with Crippen LogP contribution < -0.4 is 10.1 Å². The molecule has 1 heterocycles. The second kappa shape index (κ2) is 8.10. The minimum atomic E-state index is -0.152. The summed E-state index contributed by atoms with van der Waals surface area (Å²) in [5, 5.41) is 6.82. The van der Waals surface area contributed by atoms with Gasteiger partial charge in [-0.25, -0.2) is 0 Å². The normalized spacial score (nSPS) is 10.6. The predicted octanol–water partition coefficient (Wildman–Crippen LogP) is 4.84. The van der Waals surface area contributed by atoms with Crippen LogP contribution in [0.15, 0.2) is 57.9 Å². The standard InChI is InChI=1S/C20H20N2O3S/c1-13-19(14(2)25-22-13)12-24-17-9-7-15(8-10-17)20(23)21-16-5-4-6-18(11-16)26-3/h4-11H,12H2,1-3H3,(H,21,23). The zero-order valence-electron chi connectivity index (χ0n) is 14.9. The number of benzene rings is 2. The van der Waals surface area contributed by atoms with E-state index in [2.05, 4.69) is 10.5 Å². The van der Waals surface area contributed by atoms with Crippen molar-refractivity contribution >= 4 is 23.4 Å². The third-order valence-corrected chi connectivity index (χ3v) is 4.73. The average molecular weight is 368 g/mol. The van der Waals surface area contributed by atoms with Crippen molar-refractivity contribution in [1.82, 2.24) is 5.16 Å². The molecule has 0 aliphatic heterocycles. The number of hydrogen-bond acceptors (Lipinski definition) is 5. The number of amides is 1. The van der Waals surface area contributed by atoms with E-state index in [1.54, 1.807) is 36.0 Å². The summed E-state index contributed by atoms with van der Waals surface area (Å²) in [5.74, 6) is 1.29. The van der Waals surface area contributed by atoms with Crippen LogP contribution in [0.25, 0.3) is 0 Å². The highest BCUT2D eigenvalue weighted by atomic mass is 32.2. The van der Waals surface area contributed by atoms with Gasteiger partial charge in [0.05, 0.1) is 11.3 Å². The van der Waals surface area contributed by atoms with E-state index < -0.39 is 0 Å². The van der Waals surface area contributed by atoms with Crippen molar-refractivity contribution < 1.29 is 14.1 Å². The van der Waals surface area contributed by atoms with Gasteiger partial charge in [-0.3, -0.25) is 4.79 Å². The summed E-state index contributed by atoms with van der Waals surface area (Å²) in [7, 11) is 0. The number of hydrogen-bond donors (Lipinski definition) is 1. The Kier molecular flexibility index (Phi) is 5.63. The molecule has 0 radical (unpaired) electrons. The van der Waals surface area contributed by atoms with Gasteiger partial charge >= 0.3 is 0 Å². The smallest absolute Gasteiger partial charge is 0.255 e. The molecular formula is C20H20N2O3S. The molecule has 0 fully saturated rings. The second-order valence-electron chi connectivity index (χ2n) is 5.80. The molecule has 5 nitrogen and oxygen atoms in total. The van der Waals surface area contributed by atoms with Crippen LogP contribution in [0, 0.1) is 13.8 Å². The van der Waals surface area contributed by atoms with Gasteiger partial charge in [0.25, 0.3) is 5.91 Å². The molecule has 0 spiro atoms. The molecular weight excluding hydrogens is 348 g/mol. The molecule has 26 heavy (non-hydrogen) atoms. The molecule has 3 aromatic rings. The number of carbonyl (C=O) groups excluding carboxylic acids is 1. The van der Waals surface area contributed by atoms with Crippen molar-refractivity contribution in [2.24, 2.45) is 0 Å². The lowest BCUT2D eigenvalue weighted by molar-refractivity contribution is 0.102. The van der Waals surface area contributed by atoms with E-state index >= 15 is 0 Å². The highest BCUT2D eigenvalue weighted by Crippen LogP contribution is 2.21. The van der Waals surface area contributed by atoms with Crippen LogP contribution in [0.4, 0.5) is 5.69 Å². The number of ether oxygens (including phenoxy) is 1. The Hall–Kier alpha value is -2.73. The van der Waals surface area contributed by atoms with Crippen LogP contribution in [0.5, 0.6) is 5.75 Å². The first-order chi connectivity index (χ1) is 12.6. The van der Waals surface area contributed by atoms with Crippen LogP contribution in [-0.2, 0) is 6.61 Å². The van der Waals surface area contributed by atoms with Gasteiger partial charge in [0.1, 0.15) is 18.1 Å². The summed E-state index contributed by atoms with van der Waals surface area (Å²) in [6, 6.07) is 14.8. The van der Waals surface area contributed by atoms with Crippen LogP contribution in [-0.4, -0.2) is 17.3 Å². The van der Waals surface area contributed by atoms with Gasteiger partial charge in [-0.2, -0.15) is 0 Å². The highest BCUT2D eigenvalue weighted by Gasteiger charge is 2.10. The lowest BCUT2D eigenvalue weighted by Crippen LogP contribution is -2.11. The van der Waals surface area contributed by atoms with Crippen molar-refractivity contribution in [2.45, 2.75) is 25.3 Å². The molecule has 1 N–H and O–H groups in total. The summed E-state index contributed by atoms with van der Waals surface area (Å²) in [6.07, 6.45) is 2.00. The molecule has 0 saturated carbocycles.